The highest BCUT2D eigenvalue weighted by molar-refractivity contribution is 7.89. The van der Waals surface area contributed by atoms with E-state index in [9.17, 15) is 22.7 Å². The molecule has 0 aliphatic carbocycles. The number of ether oxygens (including phenoxy) is 1. The van der Waals surface area contributed by atoms with Crippen molar-refractivity contribution < 1.29 is 27.4 Å². The number of nitrogens with one attached hydrogen (secondary N) is 2. The van der Waals surface area contributed by atoms with Crippen molar-refractivity contribution in [1.29, 1.82) is 0 Å². The Morgan fingerprint density at radius 2 is 1.94 bits per heavy atom. The van der Waals surface area contributed by atoms with E-state index in [4.69, 9.17) is 4.74 Å². The fourth-order valence-corrected chi connectivity index (χ4v) is 4.59. The second-order valence-corrected chi connectivity index (χ2v) is 9.41. The first-order valence-electron chi connectivity index (χ1n) is 10.2. The van der Waals surface area contributed by atoms with E-state index >= 15 is 0 Å². The van der Waals surface area contributed by atoms with Gasteiger partial charge in [0.05, 0.1) is 23.6 Å². The molecule has 0 unspecified atom stereocenters. The van der Waals surface area contributed by atoms with E-state index in [-0.39, 0.29) is 29.7 Å². The number of hydrogen-bond acceptors (Lipinski definition) is 5. The molecule has 31 heavy (non-hydrogen) atoms. The Balaban J connectivity index is 1.50. The first kappa shape index (κ1) is 23.3. The standard InChI is InChI=1S/C22H27FN2O5S/c1-15-5-8-19(9-6-15)31(28,29)24-12-11-18-7-10-20(21(14-26)30-18)25-22(27)16-3-2-4-17(23)13-16/h2-6,8-9,13,18,20-21,24,26H,7,10-12,14H2,1H3,(H,25,27)/t18-,20+,21-/m1/s1. The van der Waals surface area contributed by atoms with Crippen molar-refractivity contribution in [3.05, 3.63) is 65.5 Å². The molecule has 1 amide bonds. The number of benzene rings is 2. The highest BCUT2D eigenvalue weighted by Gasteiger charge is 2.32. The molecule has 2 aromatic rings. The molecular formula is C22H27FN2O5S. The van der Waals surface area contributed by atoms with Crippen LogP contribution in [0.15, 0.2) is 53.4 Å². The molecule has 0 aromatic heterocycles. The van der Waals surface area contributed by atoms with Crippen LogP contribution in [0.2, 0.25) is 0 Å². The number of carbonyl (C=O) groups is 1. The third-order valence-corrected chi connectivity index (χ3v) is 6.77. The van der Waals surface area contributed by atoms with Crippen LogP contribution in [-0.2, 0) is 14.8 Å². The molecule has 1 aliphatic heterocycles. The number of aliphatic hydroxyl groups excluding tert-OH is 1. The summed E-state index contributed by atoms with van der Waals surface area (Å²) < 4.78 is 46.5. The average molecular weight is 451 g/mol. The van der Waals surface area contributed by atoms with Crippen LogP contribution in [0, 0.1) is 12.7 Å². The molecule has 1 fully saturated rings. The molecule has 1 heterocycles. The number of amides is 1. The summed E-state index contributed by atoms with van der Waals surface area (Å²) in [6.07, 6.45) is 0.718. The van der Waals surface area contributed by atoms with Crippen molar-refractivity contribution in [1.82, 2.24) is 10.0 Å². The molecule has 3 N–H and O–H groups in total. The predicted molar refractivity (Wildman–Crippen MR) is 114 cm³/mol. The average Bonchev–Trinajstić information content (AvgIpc) is 2.74. The van der Waals surface area contributed by atoms with Crippen molar-refractivity contribution in [2.24, 2.45) is 0 Å². The van der Waals surface area contributed by atoms with Gasteiger partial charge < -0.3 is 15.2 Å². The fourth-order valence-electron chi connectivity index (χ4n) is 3.55. The molecule has 0 radical (unpaired) electrons. The molecule has 3 rings (SSSR count). The first-order chi connectivity index (χ1) is 14.8. The van der Waals surface area contributed by atoms with Gasteiger partial charge in [0.25, 0.3) is 5.91 Å². The van der Waals surface area contributed by atoms with E-state index in [0.29, 0.717) is 19.3 Å². The van der Waals surface area contributed by atoms with Crippen molar-refractivity contribution in [2.45, 2.75) is 49.3 Å². The minimum Gasteiger partial charge on any atom is -0.394 e. The lowest BCUT2D eigenvalue weighted by molar-refractivity contribution is -0.0891. The number of aliphatic hydroxyl groups is 1. The van der Waals surface area contributed by atoms with E-state index in [1.165, 1.54) is 18.2 Å². The van der Waals surface area contributed by atoms with E-state index < -0.39 is 33.9 Å². The van der Waals surface area contributed by atoms with Crippen LogP contribution in [0.25, 0.3) is 0 Å². The maximum Gasteiger partial charge on any atom is 0.251 e. The Hall–Kier alpha value is -2.33. The number of aryl methyl sites for hydroxylation is 1. The molecule has 7 nitrogen and oxygen atoms in total. The van der Waals surface area contributed by atoms with Crippen LogP contribution in [0.5, 0.6) is 0 Å². The number of rotatable bonds is 8. The van der Waals surface area contributed by atoms with Crippen LogP contribution >= 0.6 is 0 Å². The van der Waals surface area contributed by atoms with Crippen molar-refractivity contribution in [2.75, 3.05) is 13.2 Å². The molecule has 0 bridgehead atoms. The summed E-state index contributed by atoms with van der Waals surface area (Å²) in [5.74, 6) is -0.935. The second-order valence-electron chi connectivity index (χ2n) is 7.65. The molecule has 9 heteroatoms. The van der Waals surface area contributed by atoms with Gasteiger partial charge in [0.15, 0.2) is 0 Å². The van der Waals surface area contributed by atoms with Crippen LogP contribution < -0.4 is 10.0 Å². The maximum absolute atomic E-state index is 13.3. The third-order valence-electron chi connectivity index (χ3n) is 5.29. The smallest absolute Gasteiger partial charge is 0.251 e. The van der Waals surface area contributed by atoms with Crippen LogP contribution in [0.4, 0.5) is 4.39 Å². The molecule has 3 atom stereocenters. The predicted octanol–water partition coefficient (Wildman–Crippen LogP) is 2.14. The zero-order valence-electron chi connectivity index (χ0n) is 17.3. The van der Waals surface area contributed by atoms with Gasteiger partial charge in [-0.25, -0.2) is 17.5 Å². The number of halogens is 1. The highest BCUT2D eigenvalue weighted by Crippen LogP contribution is 2.22. The van der Waals surface area contributed by atoms with E-state index in [2.05, 4.69) is 10.0 Å². The topological polar surface area (TPSA) is 105 Å². The fraction of sp³-hybridized carbons (Fsp3) is 0.409. The summed E-state index contributed by atoms with van der Waals surface area (Å²) in [4.78, 5) is 12.6. The van der Waals surface area contributed by atoms with Gasteiger partial charge in [-0.3, -0.25) is 4.79 Å². The highest BCUT2D eigenvalue weighted by atomic mass is 32.2. The van der Waals surface area contributed by atoms with Gasteiger partial charge in [0, 0.05) is 12.1 Å². The molecule has 1 saturated heterocycles. The van der Waals surface area contributed by atoms with Gasteiger partial charge in [-0.05, 0) is 56.5 Å². The zero-order valence-corrected chi connectivity index (χ0v) is 18.1. The van der Waals surface area contributed by atoms with Gasteiger partial charge in [-0.15, -0.1) is 0 Å². The Kier molecular flexibility index (Phi) is 7.77. The van der Waals surface area contributed by atoms with Gasteiger partial charge in [0.1, 0.15) is 11.9 Å². The van der Waals surface area contributed by atoms with Crippen molar-refractivity contribution in [3.63, 3.8) is 0 Å². The zero-order chi connectivity index (χ0) is 22.4. The Morgan fingerprint density at radius 3 is 2.61 bits per heavy atom. The van der Waals surface area contributed by atoms with Crippen molar-refractivity contribution in [3.8, 4) is 0 Å². The molecule has 1 aliphatic rings. The Morgan fingerprint density at radius 1 is 1.19 bits per heavy atom. The van der Waals surface area contributed by atoms with E-state index in [1.807, 2.05) is 6.92 Å². The van der Waals surface area contributed by atoms with E-state index in [0.717, 1.165) is 11.6 Å². The van der Waals surface area contributed by atoms with E-state index in [1.54, 1.807) is 24.3 Å². The molecular weight excluding hydrogens is 423 g/mol. The van der Waals surface area contributed by atoms with Crippen LogP contribution in [-0.4, -0.2) is 50.8 Å². The monoisotopic (exact) mass is 450 g/mol. The SMILES string of the molecule is Cc1ccc(S(=O)(=O)NCC[C@H]2CC[C@H](NC(=O)c3cccc(F)c3)[C@@H](CO)O2)cc1. The molecule has 2 aromatic carbocycles. The molecule has 168 valence electrons. The summed E-state index contributed by atoms with van der Waals surface area (Å²) >= 11 is 0. The largest absolute Gasteiger partial charge is 0.394 e. The maximum atomic E-state index is 13.3. The Labute approximate surface area is 181 Å². The van der Waals surface area contributed by atoms with Crippen LogP contribution in [0.3, 0.4) is 0 Å². The van der Waals surface area contributed by atoms with Gasteiger partial charge >= 0.3 is 0 Å². The summed E-state index contributed by atoms with van der Waals surface area (Å²) in [6, 6.07) is 11.6. The summed E-state index contributed by atoms with van der Waals surface area (Å²) in [5, 5.41) is 12.5. The van der Waals surface area contributed by atoms with Crippen LogP contribution in [0.1, 0.15) is 35.2 Å². The van der Waals surface area contributed by atoms with Gasteiger partial charge in [-0.2, -0.15) is 0 Å². The van der Waals surface area contributed by atoms with Gasteiger partial charge in [-0.1, -0.05) is 23.8 Å². The van der Waals surface area contributed by atoms with Gasteiger partial charge in [0.2, 0.25) is 10.0 Å². The van der Waals surface area contributed by atoms with Crippen molar-refractivity contribution >= 4 is 15.9 Å². The lowest BCUT2D eigenvalue weighted by Crippen LogP contribution is -2.51. The first-order valence-corrected chi connectivity index (χ1v) is 11.7. The summed E-state index contributed by atoms with van der Waals surface area (Å²) in [6.45, 7) is 1.79. The minimum atomic E-state index is -3.60. The lowest BCUT2D eigenvalue weighted by Gasteiger charge is -2.36. The number of hydrogen-bond donors (Lipinski definition) is 3. The number of sulfonamides is 1. The minimum absolute atomic E-state index is 0.194. The number of carbonyl (C=O) groups excluding carboxylic acids is 1. The second kappa shape index (κ2) is 10.3. The Bertz CT molecular complexity index is 997. The molecule has 0 spiro atoms. The quantitative estimate of drug-likeness (QED) is 0.572. The lowest BCUT2D eigenvalue weighted by atomic mass is 9.97. The summed E-state index contributed by atoms with van der Waals surface area (Å²) in [5.41, 5.74) is 1.17. The summed E-state index contributed by atoms with van der Waals surface area (Å²) in [7, 11) is -3.60. The normalized spacial score (nSPS) is 21.6. The molecule has 0 saturated carbocycles. The third kappa shape index (κ3) is 6.33.